The van der Waals surface area contributed by atoms with Crippen LogP contribution in [-0.2, 0) is 16.1 Å². The Morgan fingerprint density at radius 3 is 2.56 bits per heavy atom. The summed E-state index contributed by atoms with van der Waals surface area (Å²) >= 11 is 0. The van der Waals surface area contributed by atoms with Crippen LogP contribution in [0.3, 0.4) is 0 Å². The summed E-state index contributed by atoms with van der Waals surface area (Å²) in [6.45, 7) is 1.84. The average Bonchev–Trinajstić information content (AvgIpc) is 3.06. The van der Waals surface area contributed by atoms with E-state index in [2.05, 4.69) is 10.3 Å². The van der Waals surface area contributed by atoms with E-state index in [1.54, 1.807) is 28.8 Å². The quantitative estimate of drug-likeness (QED) is 0.678. The van der Waals surface area contributed by atoms with E-state index in [-0.39, 0.29) is 18.4 Å². The number of rotatable bonds is 6. The molecule has 0 fully saturated rings. The van der Waals surface area contributed by atoms with E-state index in [4.69, 9.17) is 9.47 Å². The zero-order valence-electron chi connectivity index (χ0n) is 15.4. The summed E-state index contributed by atoms with van der Waals surface area (Å²) in [6, 6.07) is 14.1. The molecule has 3 rings (SSSR count). The fourth-order valence-corrected chi connectivity index (χ4v) is 2.96. The van der Waals surface area contributed by atoms with Crippen molar-refractivity contribution in [2.24, 2.45) is 0 Å². The van der Waals surface area contributed by atoms with Crippen molar-refractivity contribution < 1.29 is 19.1 Å². The highest BCUT2D eigenvalue weighted by Gasteiger charge is 2.21. The number of hydrogen-bond acceptors (Lipinski definition) is 5. The Morgan fingerprint density at radius 1 is 1.11 bits per heavy atom. The van der Waals surface area contributed by atoms with Crippen molar-refractivity contribution in [2.75, 3.05) is 14.2 Å². The molecule has 140 valence electrons. The van der Waals surface area contributed by atoms with E-state index < -0.39 is 6.04 Å². The highest BCUT2D eigenvalue weighted by atomic mass is 16.5. The lowest BCUT2D eigenvalue weighted by atomic mass is 10.1. The van der Waals surface area contributed by atoms with Crippen LogP contribution in [0, 0.1) is 0 Å². The summed E-state index contributed by atoms with van der Waals surface area (Å²) in [5.41, 5.74) is 1.98. The summed E-state index contributed by atoms with van der Waals surface area (Å²) in [5.74, 6) is 0.398. The average molecular weight is 367 g/mol. The maximum Gasteiger partial charge on any atom is 0.325 e. The van der Waals surface area contributed by atoms with Crippen molar-refractivity contribution in [3.05, 3.63) is 59.9 Å². The molecular formula is C20H21N3O4. The lowest BCUT2D eigenvalue weighted by Gasteiger charge is -2.16. The summed E-state index contributed by atoms with van der Waals surface area (Å²) in [6.07, 6.45) is 0. The monoisotopic (exact) mass is 367 g/mol. The number of benzene rings is 2. The molecule has 7 heteroatoms. The Labute approximate surface area is 156 Å². The number of hydrogen-bond donors (Lipinski definition) is 1. The highest BCUT2D eigenvalue weighted by molar-refractivity contribution is 5.97. The largest absolute Gasteiger partial charge is 0.496 e. The number of imidazole rings is 1. The molecule has 0 radical (unpaired) electrons. The number of fused-ring (bicyclic) bond motifs is 1. The predicted octanol–water partition coefficient (Wildman–Crippen LogP) is 2.71. The van der Waals surface area contributed by atoms with Gasteiger partial charge in [-0.15, -0.1) is 0 Å². The molecule has 0 aliphatic carbocycles. The van der Waals surface area contributed by atoms with Crippen LogP contribution in [-0.4, -0.2) is 35.6 Å². The lowest BCUT2D eigenvalue weighted by molar-refractivity contribution is -0.141. The van der Waals surface area contributed by atoms with Gasteiger partial charge in [0.05, 0.1) is 36.9 Å². The number of aromatic nitrogens is 2. The molecule has 1 N–H and O–H groups in total. The number of nitrogens with zero attached hydrogens (tertiary/aromatic N) is 2. The van der Waals surface area contributed by atoms with E-state index >= 15 is 0 Å². The molecule has 2 aromatic carbocycles. The molecule has 7 nitrogen and oxygen atoms in total. The molecule has 0 aliphatic heterocycles. The first-order valence-electron chi connectivity index (χ1n) is 8.51. The second kappa shape index (κ2) is 7.90. The Kier molecular flexibility index (Phi) is 5.40. The Bertz CT molecular complexity index is 980. The first-order chi connectivity index (χ1) is 13.0. The minimum atomic E-state index is -0.431. The molecule has 0 aliphatic rings. The molecule has 1 atom stereocenters. The fraction of sp³-hybridized carbons (Fsp3) is 0.250. The second-order valence-corrected chi connectivity index (χ2v) is 6.02. The van der Waals surface area contributed by atoms with Gasteiger partial charge in [0.1, 0.15) is 18.1 Å². The zero-order valence-corrected chi connectivity index (χ0v) is 15.4. The topological polar surface area (TPSA) is 82.5 Å². The number of nitrogens with one attached hydrogen (secondary N) is 1. The molecule has 1 heterocycles. The van der Waals surface area contributed by atoms with Crippen LogP contribution in [0.1, 0.15) is 29.1 Å². The minimum absolute atomic E-state index is 0.0151. The van der Waals surface area contributed by atoms with E-state index in [1.807, 2.05) is 31.2 Å². The lowest BCUT2D eigenvalue weighted by Crippen LogP contribution is -2.29. The van der Waals surface area contributed by atoms with Crippen molar-refractivity contribution in [3.8, 4) is 5.75 Å². The van der Waals surface area contributed by atoms with Crippen molar-refractivity contribution in [3.63, 3.8) is 0 Å². The summed E-state index contributed by atoms with van der Waals surface area (Å²) in [4.78, 5) is 29.1. The minimum Gasteiger partial charge on any atom is -0.496 e. The van der Waals surface area contributed by atoms with Crippen LogP contribution in [0.25, 0.3) is 11.0 Å². The standard InChI is InChI=1S/C20H21N3O4/c1-13(21-20(25)14-8-4-7-11-17(14)26-2)19-22-15-9-5-6-10-16(15)23(19)12-18(24)27-3/h4-11,13H,12H2,1-3H3,(H,21,25). The first-order valence-corrected chi connectivity index (χ1v) is 8.51. The molecule has 1 amide bonds. The van der Waals surface area contributed by atoms with Crippen molar-refractivity contribution >= 4 is 22.9 Å². The number of ether oxygens (including phenoxy) is 2. The zero-order chi connectivity index (χ0) is 19.4. The summed E-state index contributed by atoms with van der Waals surface area (Å²) in [7, 11) is 2.86. The predicted molar refractivity (Wildman–Crippen MR) is 101 cm³/mol. The number of methoxy groups -OCH3 is 2. The van der Waals surface area contributed by atoms with Crippen LogP contribution >= 0.6 is 0 Å². The van der Waals surface area contributed by atoms with E-state index in [9.17, 15) is 9.59 Å². The van der Waals surface area contributed by atoms with Crippen LogP contribution in [0.4, 0.5) is 0 Å². The van der Waals surface area contributed by atoms with Gasteiger partial charge in [0.25, 0.3) is 5.91 Å². The van der Waals surface area contributed by atoms with Crippen molar-refractivity contribution in [1.29, 1.82) is 0 Å². The molecule has 0 saturated heterocycles. The maximum atomic E-state index is 12.7. The fourth-order valence-electron chi connectivity index (χ4n) is 2.96. The van der Waals surface area contributed by atoms with Gasteiger partial charge < -0.3 is 19.4 Å². The smallest absolute Gasteiger partial charge is 0.325 e. The SMILES string of the molecule is COC(=O)Cn1c(C(C)NC(=O)c2ccccc2OC)nc2ccccc21. The molecule has 1 aromatic heterocycles. The highest BCUT2D eigenvalue weighted by Crippen LogP contribution is 2.23. The Hall–Kier alpha value is -3.35. The first kappa shape index (κ1) is 18.4. The second-order valence-electron chi connectivity index (χ2n) is 6.02. The Balaban J connectivity index is 1.93. The van der Waals surface area contributed by atoms with Gasteiger partial charge in [0.2, 0.25) is 0 Å². The maximum absolute atomic E-state index is 12.7. The normalized spacial score (nSPS) is 11.8. The molecule has 0 saturated carbocycles. The van der Waals surface area contributed by atoms with Crippen LogP contribution in [0.5, 0.6) is 5.75 Å². The van der Waals surface area contributed by atoms with Gasteiger partial charge in [0, 0.05) is 0 Å². The number of para-hydroxylation sites is 3. The molecule has 27 heavy (non-hydrogen) atoms. The van der Waals surface area contributed by atoms with Crippen molar-refractivity contribution in [2.45, 2.75) is 19.5 Å². The van der Waals surface area contributed by atoms with Crippen LogP contribution in [0.15, 0.2) is 48.5 Å². The molecular weight excluding hydrogens is 346 g/mol. The molecule has 0 bridgehead atoms. The molecule has 1 unspecified atom stereocenters. The molecule has 3 aromatic rings. The number of carbonyl (C=O) groups excluding carboxylic acids is 2. The van der Waals surface area contributed by atoms with E-state index in [1.165, 1.54) is 14.2 Å². The third kappa shape index (κ3) is 3.76. The third-order valence-corrected chi connectivity index (χ3v) is 4.29. The van der Waals surface area contributed by atoms with E-state index in [0.717, 1.165) is 11.0 Å². The summed E-state index contributed by atoms with van der Waals surface area (Å²) < 4.78 is 11.8. The summed E-state index contributed by atoms with van der Waals surface area (Å²) in [5, 5.41) is 2.93. The van der Waals surface area contributed by atoms with Crippen LogP contribution < -0.4 is 10.1 Å². The van der Waals surface area contributed by atoms with E-state index in [0.29, 0.717) is 17.1 Å². The van der Waals surface area contributed by atoms with Gasteiger partial charge in [-0.25, -0.2) is 4.98 Å². The van der Waals surface area contributed by atoms with Gasteiger partial charge in [-0.3, -0.25) is 9.59 Å². The van der Waals surface area contributed by atoms with Crippen molar-refractivity contribution in [1.82, 2.24) is 14.9 Å². The number of carbonyl (C=O) groups is 2. The Morgan fingerprint density at radius 2 is 1.81 bits per heavy atom. The van der Waals surface area contributed by atoms with Crippen LogP contribution in [0.2, 0.25) is 0 Å². The van der Waals surface area contributed by atoms with Gasteiger partial charge in [0.15, 0.2) is 0 Å². The molecule has 0 spiro atoms. The number of esters is 1. The van der Waals surface area contributed by atoms with Gasteiger partial charge in [-0.1, -0.05) is 24.3 Å². The third-order valence-electron chi connectivity index (χ3n) is 4.29. The number of amides is 1. The van der Waals surface area contributed by atoms with Gasteiger partial charge in [-0.05, 0) is 31.2 Å². The van der Waals surface area contributed by atoms with Gasteiger partial charge in [-0.2, -0.15) is 0 Å². The van der Waals surface area contributed by atoms with Gasteiger partial charge >= 0.3 is 5.97 Å².